The molecule has 0 spiro atoms. The zero-order chi connectivity index (χ0) is 14.0. The van der Waals surface area contributed by atoms with Crippen molar-refractivity contribution in [1.29, 1.82) is 0 Å². The number of anilines is 1. The maximum atomic E-state index is 12.0. The molecule has 0 saturated carbocycles. The SMILES string of the molecule is Cn1cc(C(=O)Nc2cc(Cl)ccc2Cl)ccc1=O. The molecule has 1 aromatic carbocycles. The predicted molar refractivity (Wildman–Crippen MR) is 76.1 cm³/mol. The van der Waals surface area contributed by atoms with E-state index in [0.717, 1.165) is 0 Å². The van der Waals surface area contributed by atoms with Crippen molar-refractivity contribution in [2.24, 2.45) is 7.05 Å². The number of nitrogens with zero attached hydrogens (tertiary/aromatic N) is 1. The van der Waals surface area contributed by atoms with Crippen LogP contribution in [0, 0.1) is 0 Å². The average Bonchev–Trinajstić information content (AvgIpc) is 2.37. The lowest BCUT2D eigenvalue weighted by molar-refractivity contribution is 0.102. The Balaban J connectivity index is 2.28. The number of hydrogen-bond acceptors (Lipinski definition) is 2. The smallest absolute Gasteiger partial charge is 0.257 e. The van der Waals surface area contributed by atoms with Crippen LogP contribution in [0.1, 0.15) is 10.4 Å². The third-order valence-electron chi connectivity index (χ3n) is 2.52. The van der Waals surface area contributed by atoms with Crippen LogP contribution >= 0.6 is 23.2 Å². The topological polar surface area (TPSA) is 51.1 Å². The van der Waals surface area contributed by atoms with E-state index < -0.39 is 0 Å². The number of halogens is 2. The molecule has 98 valence electrons. The number of aromatic nitrogens is 1. The van der Waals surface area contributed by atoms with Gasteiger partial charge in [0.05, 0.1) is 16.3 Å². The highest BCUT2D eigenvalue weighted by atomic mass is 35.5. The summed E-state index contributed by atoms with van der Waals surface area (Å²) >= 11 is 11.8. The second-order valence-electron chi connectivity index (χ2n) is 3.95. The summed E-state index contributed by atoms with van der Waals surface area (Å²) < 4.78 is 1.33. The largest absolute Gasteiger partial charge is 0.321 e. The number of carbonyl (C=O) groups is 1. The zero-order valence-electron chi connectivity index (χ0n) is 9.98. The Morgan fingerprint density at radius 1 is 1.21 bits per heavy atom. The van der Waals surface area contributed by atoms with E-state index in [0.29, 0.717) is 21.3 Å². The highest BCUT2D eigenvalue weighted by Crippen LogP contribution is 2.25. The van der Waals surface area contributed by atoms with Crippen molar-refractivity contribution < 1.29 is 4.79 Å². The normalized spacial score (nSPS) is 10.3. The number of amides is 1. The van der Waals surface area contributed by atoms with E-state index in [1.54, 1.807) is 25.2 Å². The van der Waals surface area contributed by atoms with Crippen LogP contribution in [-0.4, -0.2) is 10.5 Å². The van der Waals surface area contributed by atoms with Gasteiger partial charge in [0.15, 0.2) is 0 Å². The summed E-state index contributed by atoms with van der Waals surface area (Å²) in [6.07, 6.45) is 1.45. The summed E-state index contributed by atoms with van der Waals surface area (Å²) in [7, 11) is 1.57. The van der Waals surface area contributed by atoms with Gasteiger partial charge in [0.1, 0.15) is 0 Å². The van der Waals surface area contributed by atoms with Crippen molar-refractivity contribution >= 4 is 34.8 Å². The van der Waals surface area contributed by atoms with Crippen LogP contribution in [0.2, 0.25) is 10.0 Å². The van der Waals surface area contributed by atoms with Gasteiger partial charge in [-0.2, -0.15) is 0 Å². The number of nitrogens with one attached hydrogen (secondary N) is 1. The first-order valence-electron chi connectivity index (χ1n) is 5.40. The molecular weight excluding hydrogens is 287 g/mol. The van der Waals surface area contributed by atoms with Crippen molar-refractivity contribution in [2.75, 3.05) is 5.32 Å². The molecule has 1 amide bonds. The zero-order valence-corrected chi connectivity index (χ0v) is 11.5. The van der Waals surface area contributed by atoms with Crippen molar-refractivity contribution in [1.82, 2.24) is 4.57 Å². The first-order valence-corrected chi connectivity index (χ1v) is 6.16. The van der Waals surface area contributed by atoms with Gasteiger partial charge in [0.25, 0.3) is 5.91 Å². The summed E-state index contributed by atoms with van der Waals surface area (Å²) in [6.45, 7) is 0. The van der Waals surface area contributed by atoms with Gasteiger partial charge in [-0.15, -0.1) is 0 Å². The van der Waals surface area contributed by atoms with Crippen molar-refractivity contribution in [3.63, 3.8) is 0 Å². The highest BCUT2D eigenvalue weighted by Gasteiger charge is 2.09. The van der Waals surface area contributed by atoms with Crippen molar-refractivity contribution in [3.05, 3.63) is 62.5 Å². The monoisotopic (exact) mass is 296 g/mol. The van der Waals surface area contributed by atoms with Gasteiger partial charge in [-0.3, -0.25) is 9.59 Å². The van der Waals surface area contributed by atoms with E-state index in [9.17, 15) is 9.59 Å². The lowest BCUT2D eigenvalue weighted by Gasteiger charge is -2.08. The number of pyridine rings is 1. The lowest BCUT2D eigenvalue weighted by atomic mass is 10.2. The Morgan fingerprint density at radius 3 is 2.63 bits per heavy atom. The minimum absolute atomic E-state index is 0.183. The quantitative estimate of drug-likeness (QED) is 0.926. The van der Waals surface area contributed by atoms with Gasteiger partial charge in [0, 0.05) is 24.3 Å². The maximum absolute atomic E-state index is 12.0. The Labute approximate surface area is 119 Å². The molecular formula is C13H10Cl2N2O2. The van der Waals surface area contributed by atoms with Crippen molar-refractivity contribution in [2.45, 2.75) is 0 Å². The number of aryl methyl sites for hydroxylation is 1. The molecule has 4 nitrogen and oxygen atoms in total. The van der Waals surface area contributed by atoms with Gasteiger partial charge < -0.3 is 9.88 Å². The molecule has 0 atom stereocenters. The van der Waals surface area contributed by atoms with Crippen LogP contribution in [0.5, 0.6) is 0 Å². The van der Waals surface area contributed by atoms with E-state index in [1.807, 2.05) is 0 Å². The minimum atomic E-state index is -0.361. The molecule has 0 radical (unpaired) electrons. The van der Waals surface area contributed by atoms with Crippen molar-refractivity contribution in [3.8, 4) is 0 Å². The fraction of sp³-hybridized carbons (Fsp3) is 0.0769. The number of benzene rings is 1. The summed E-state index contributed by atoms with van der Waals surface area (Å²) in [5.74, 6) is -0.361. The minimum Gasteiger partial charge on any atom is -0.321 e. The van der Waals surface area contributed by atoms with Crippen LogP contribution in [0.25, 0.3) is 0 Å². The fourth-order valence-corrected chi connectivity index (χ4v) is 1.85. The molecule has 0 bridgehead atoms. The number of carbonyl (C=O) groups excluding carboxylic acids is 1. The molecule has 19 heavy (non-hydrogen) atoms. The molecule has 2 rings (SSSR count). The Hall–Kier alpha value is -1.78. The Morgan fingerprint density at radius 2 is 1.95 bits per heavy atom. The lowest BCUT2D eigenvalue weighted by Crippen LogP contribution is -2.19. The molecule has 1 N–H and O–H groups in total. The summed E-state index contributed by atoms with van der Waals surface area (Å²) in [4.78, 5) is 23.3. The first kappa shape index (κ1) is 13.6. The van der Waals surface area contributed by atoms with Gasteiger partial charge in [-0.25, -0.2) is 0 Å². The number of hydrogen-bond donors (Lipinski definition) is 1. The van der Waals surface area contributed by atoms with E-state index in [2.05, 4.69) is 5.32 Å². The summed E-state index contributed by atoms with van der Waals surface area (Å²) in [5, 5.41) is 3.51. The molecule has 0 unspecified atom stereocenters. The average molecular weight is 297 g/mol. The van der Waals surface area contributed by atoms with E-state index in [1.165, 1.54) is 22.9 Å². The molecule has 6 heteroatoms. The van der Waals surface area contributed by atoms with Crippen LogP contribution in [0.3, 0.4) is 0 Å². The molecule has 1 aromatic heterocycles. The summed E-state index contributed by atoms with van der Waals surface area (Å²) in [6, 6.07) is 7.57. The fourth-order valence-electron chi connectivity index (χ4n) is 1.52. The molecule has 0 fully saturated rings. The molecule has 0 aliphatic rings. The first-order chi connectivity index (χ1) is 8.97. The van der Waals surface area contributed by atoms with Crippen LogP contribution in [0.15, 0.2) is 41.3 Å². The van der Waals surface area contributed by atoms with Gasteiger partial charge >= 0.3 is 0 Å². The molecule has 1 heterocycles. The molecule has 0 saturated heterocycles. The van der Waals surface area contributed by atoms with Gasteiger partial charge in [0.2, 0.25) is 5.56 Å². The third-order valence-corrected chi connectivity index (χ3v) is 3.09. The third kappa shape index (κ3) is 3.16. The molecule has 2 aromatic rings. The predicted octanol–water partition coefficient (Wildman–Crippen LogP) is 2.94. The standard InChI is InChI=1S/C13H10Cl2N2O2/c1-17-7-8(2-5-12(17)18)13(19)16-11-6-9(14)3-4-10(11)15/h2-7H,1H3,(H,16,19). The van der Waals surface area contributed by atoms with Gasteiger partial charge in [-0.05, 0) is 24.3 Å². The Kier molecular flexibility index (Phi) is 3.93. The van der Waals surface area contributed by atoms with Crippen LogP contribution < -0.4 is 10.9 Å². The van der Waals surface area contributed by atoms with E-state index >= 15 is 0 Å². The molecule has 0 aliphatic heterocycles. The summed E-state index contributed by atoms with van der Waals surface area (Å²) in [5.41, 5.74) is 0.600. The van der Waals surface area contributed by atoms with E-state index in [-0.39, 0.29) is 11.5 Å². The van der Waals surface area contributed by atoms with E-state index in [4.69, 9.17) is 23.2 Å². The van der Waals surface area contributed by atoms with Crippen LogP contribution in [-0.2, 0) is 7.05 Å². The van der Waals surface area contributed by atoms with Gasteiger partial charge in [-0.1, -0.05) is 23.2 Å². The highest BCUT2D eigenvalue weighted by molar-refractivity contribution is 6.35. The number of rotatable bonds is 2. The second kappa shape index (κ2) is 5.47. The maximum Gasteiger partial charge on any atom is 0.257 e. The Bertz CT molecular complexity index is 695. The second-order valence-corrected chi connectivity index (χ2v) is 4.79. The van der Waals surface area contributed by atoms with Crippen LogP contribution in [0.4, 0.5) is 5.69 Å². The molecule has 0 aliphatic carbocycles.